The molecule has 1 spiro atoms. The van der Waals surface area contributed by atoms with Crippen LogP contribution in [0.1, 0.15) is 44.1 Å². The molecule has 1 atom stereocenters. The summed E-state index contributed by atoms with van der Waals surface area (Å²) < 4.78 is 15.0. The van der Waals surface area contributed by atoms with E-state index >= 15 is 4.39 Å². The highest BCUT2D eigenvalue weighted by Gasteiger charge is 2.55. The van der Waals surface area contributed by atoms with Gasteiger partial charge < -0.3 is 25.3 Å². The second-order valence-corrected chi connectivity index (χ2v) is 10.5. The van der Waals surface area contributed by atoms with Crippen LogP contribution in [0.15, 0.2) is 24.4 Å². The minimum atomic E-state index is -0.548. The van der Waals surface area contributed by atoms with Crippen molar-refractivity contribution in [2.24, 2.45) is 0 Å². The van der Waals surface area contributed by atoms with Gasteiger partial charge in [-0.1, -0.05) is 19.3 Å². The van der Waals surface area contributed by atoms with Crippen molar-refractivity contribution in [2.75, 3.05) is 54.9 Å². The number of likely N-dealkylation sites (N-methyl/N-ethyl adjacent to an activating group) is 1. The third-order valence-corrected chi connectivity index (χ3v) is 8.25. The number of nitrogens with one attached hydrogen (secondary N) is 2. The molecule has 2 aromatic rings. The first kappa shape index (κ1) is 22.5. The fourth-order valence-corrected chi connectivity index (χ4v) is 6.33. The average Bonchev–Trinajstić information content (AvgIpc) is 3.39. The van der Waals surface area contributed by atoms with E-state index in [1.165, 1.54) is 25.3 Å². The summed E-state index contributed by atoms with van der Waals surface area (Å²) in [6, 6.07) is 5.56. The second-order valence-electron chi connectivity index (χ2n) is 10.5. The summed E-state index contributed by atoms with van der Waals surface area (Å²) >= 11 is 0. The topological polar surface area (TPSA) is 76.6 Å². The molecule has 9 heteroatoms. The molecular formula is C26H34FN7O. The standard InChI is InChI=1S/C26H34FN7O/c1-32-11-13-33(14-12-32)22-8-7-19(15-21(22)27)30-25-29-17-18-16-26(9-10-28-24(26)35)34(23(18)31-25)20-5-3-2-4-6-20/h7-8,15,17,20H,2-6,9-14,16H2,1H3,(H,28,35)(H,29,30,31). The molecule has 1 aromatic carbocycles. The first-order valence-electron chi connectivity index (χ1n) is 13.0. The minimum Gasteiger partial charge on any atom is -0.367 e. The number of anilines is 4. The molecule has 4 heterocycles. The first-order chi connectivity index (χ1) is 17.0. The van der Waals surface area contributed by atoms with Gasteiger partial charge in [-0.05, 0) is 44.5 Å². The van der Waals surface area contributed by atoms with E-state index in [1.54, 1.807) is 0 Å². The molecule has 8 nitrogen and oxygen atoms in total. The van der Waals surface area contributed by atoms with Crippen molar-refractivity contribution < 1.29 is 9.18 Å². The van der Waals surface area contributed by atoms with Gasteiger partial charge in [0, 0.05) is 62.6 Å². The second kappa shape index (κ2) is 8.93. The third-order valence-electron chi connectivity index (χ3n) is 8.25. The Morgan fingerprint density at radius 2 is 1.94 bits per heavy atom. The molecule has 2 N–H and O–H groups in total. The number of halogens is 1. The third kappa shape index (κ3) is 3.99. The SMILES string of the molecule is CN1CCN(c2ccc(Nc3ncc4c(n3)N(C3CCCCC3)C3(CCNC3=O)C4)cc2F)CC1. The molecule has 0 radical (unpaired) electrons. The maximum Gasteiger partial charge on any atom is 0.246 e. The largest absolute Gasteiger partial charge is 0.367 e. The molecule has 186 valence electrons. The number of hydrogen-bond donors (Lipinski definition) is 2. The molecule has 4 aliphatic rings. The van der Waals surface area contributed by atoms with E-state index in [9.17, 15) is 4.79 Å². The zero-order valence-electron chi connectivity index (χ0n) is 20.4. The Hall–Kier alpha value is -2.94. The lowest BCUT2D eigenvalue weighted by Gasteiger charge is -2.42. The Kier molecular flexibility index (Phi) is 5.75. The number of nitrogens with zero attached hydrogens (tertiary/aromatic N) is 5. The number of benzene rings is 1. The molecule has 3 aliphatic heterocycles. The summed E-state index contributed by atoms with van der Waals surface area (Å²) in [4.78, 5) is 29.1. The van der Waals surface area contributed by atoms with Gasteiger partial charge >= 0.3 is 0 Å². The van der Waals surface area contributed by atoms with Crippen LogP contribution in [0.2, 0.25) is 0 Å². The van der Waals surface area contributed by atoms with Crippen LogP contribution < -0.4 is 20.4 Å². The normalized spacial score (nSPS) is 25.3. The van der Waals surface area contributed by atoms with Crippen molar-refractivity contribution in [2.45, 2.75) is 56.5 Å². The van der Waals surface area contributed by atoms with Gasteiger partial charge in [0.25, 0.3) is 0 Å². The average molecular weight is 480 g/mol. The predicted molar refractivity (Wildman–Crippen MR) is 135 cm³/mol. The summed E-state index contributed by atoms with van der Waals surface area (Å²) in [5, 5.41) is 6.27. The maximum atomic E-state index is 15.0. The van der Waals surface area contributed by atoms with Crippen molar-refractivity contribution >= 4 is 29.0 Å². The smallest absolute Gasteiger partial charge is 0.246 e. The van der Waals surface area contributed by atoms with Crippen molar-refractivity contribution in [3.63, 3.8) is 0 Å². The molecule has 1 saturated carbocycles. The fourth-order valence-electron chi connectivity index (χ4n) is 6.33. The van der Waals surface area contributed by atoms with Gasteiger partial charge in [-0.25, -0.2) is 9.37 Å². The predicted octanol–water partition coefficient (Wildman–Crippen LogP) is 3.07. The van der Waals surface area contributed by atoms with Crippen molar-refractivity contribution in [1.82, 2.24) is 20.2 Å². The highest BCUT2D eigenvalue weighted by Crippen LogP contribution is 2.45. The van der Waals surface area contributed by atoms with Crippen LogP contribution in [0.3, 0.4) is 0 Å². The van der Waals surface area contributed by atoms with Gasteiger partial charge in [-0.2, -0.15) is 4.98 Å². The van der Waals surface area contributed by atoms with Crippen molar-refractivity contribution in [3.8, 4) is 0 Å². The Balaban J connectivity index is 1.26. The zero-order valence-corrected chi connectivity index (χ0v) is 20.4. The summed E-state index contributed by atoms with van der Waals surface area (Å²) in [6.45, 7) is 4.20. The Morgan fingerprint density at radius 1 is 1.14 bits per heavy atom. The molecule has 0 bridgehead atoms. The number of fused-ring (bicyclic) bond motifs is 1. The minimum absolute atomic E-state index is 0.108. The van der Waals surface area contributed by atoms with E-state index < -0.39 is 5.54 Å². The van der Waals surface area contributed by atoms with E-state index in [2.05, 4.69) is 37.4 Å². The number of carbonyl (C=O) groups is 1. The van der Waals surface area contributed by atoms with Gasteiger partial charge in [0.2, 0.25) is 11.9 Å². The number of carbonyl (C=O) groups excluding carboxylic acids is 1. The van der Waals surface area contributed by atoms with Gasteiger partial charge in [-0.15, -0.1) is 0 Å². The number of rotatable bonds is 4. The molecule has 1 aliphatic carbocycles. The van der Waals surface area contributed by atoms with E-state index in [0.717, 1.165) is 56.8 Å². The molecule has 1 aromatic heterocycles. The molecule has 6 rings (SSSR count). The van der Waals surface area contributed by atoms with Gasteiger partial charge in [0.1, 0.15) is 17.2 Å². The van der Waals surface area contributed by atoms with Crippen LogP contribution in [0.25, 0.3) is 0 Å². The van der Waals surface area contributed by atoms with E-state index in [-0.39, 0.29) is 11.7 Å². The first-order valence-corrected chi connectivity index (χ1v) is 13.0. The van der Waals surface area contributed by atoms with Gasteiger partial charge in [0.15, 0.2) is 0 Å². The van der Waals surface area contributed by atoms with Crippen molar-refractivity contribution in [3.05, 3.63) is 35.8 Å². The van der Waals surface area contributed by atoms with Crippen LogP contribution >= 0.6 is 0 Å². The molecule has 1 amide bonds. The monoisotopic (exact) mass is 479 g/mol. The fraction of sp³-hybridized carbons (Fsp3) is 0.577. The number of amides is 1. The molecule has 1 unspecified atom stereocenters. The summed E-state index contributed by atoms with van der Waals surface area (Å²) in [6.07, 6.45) is 9.07. The van der Waals surface area contributed by atoms with Crippen LogP contribution in [0.4, 0.5) is 27.5 Å². The Bertz CT molecular complexity index is 1110. The molecule has 2 saturated heterocycles. The van der Waals surface area contributed by atoms with E-state index in [4.69, 9.17) is 4.98 Å². The van der Waals surface area contributed by atoms with Crippen LogP contribution in [0, 0.1) is 5.82 Å². The molecule has 35 heavy (non-hydrogen) atoms. The van der Waals surface area contributed by atoms with Gasteiger partial charge in [0.05, 0.1) is 5.69 Å². The Morgan fingerprint density at radius 3 is 2.66 bits per heavy atom. The quantitative estimate of drug-likeness (QED) is 0.698. The maximum absolute atomic E-state index is 15.0. The number of piperazine rings is 1. The number of aromatic nitrogens is 2. The lowest BCUT2D eigenvalue weighted by atomic mass is 9.87. The molecular weight excluding hydrogens is 445 g/mol. The summed E-state index contributed by atoms with van der Waals surface area (Å²) in [5.41, 5.74) is 1.73. The highest BCUT2D eigenvalue weighted by atomic mass is 19.1. The van der Waals surface area contributed by atoms with E-state index in [1.807, 2.05) is 18.3 Å². The zero-order chi connectivity index (χ0) is 24.0. The van der Waals surface area contributed by atoms with Crippen LogP contribution in [0.5, 0.6) is 0 Å². The van der Waals surface area contributed by atoms with Crippen LogP contribution in [-0.4, -0.2) is 72.1 Å². The van der Waals surface area contributed by atoms with Gasteiger partial charge in [-0.3, -0.25) is 4.79 Å². The lowest BCUT2D eigenvalue weighted by molar-refractivity contribution is -0.123. The van der Waals surface area contributed by atoms with Crippen LogP contribution in [-0.2, 0) is 11.2 Å². The highest BCUT2D eigenvalue weighted by molar-refractivity contribution is 5.94. The number of hydrogen-bond acceptors (Lipinski definition) is 7. The summed E-state index contributed by atoms with van der Waals surface area (Å²) in [7, 11) is 2.09. The molecule has 3 fully saturated rings. The lowest BCUT2D eigenvalue weighted by Crippen LogP contribution is -2.57. The Labute approximate surface area is 205 Å². The van der Waals surface area contributed by atoms with E-state index in [0.29, 0.717) is 36.3 Å². The van der Waals surface area contributed by atoms with Crippen molar-refractivity contribution in [1.29, 1.82) is 0 Å². The summed E-state index contributed by atoms with van der Waals surface area (Å²) in [5.74, 6) is 1.16.